The van der Waals surface area contributed by atoms with Gasteiger partial charge < -0.3 is 9.72 Å². The van der Waals surface area contributed by atoms with Crippen molar-refractivity contribution in [3.8, 4) is 11.1 Å². The normalized spacial score (nSPS) is 11.2. The highest BCUT2D eigenvalue weighted by atomic mass is 35.5. The van der Waals surface area contributed by atoms with Gasteiger partial charge in [-0.05, 0) is 47.2 Å². The molecular weight excluding hydrogens is 418 g/mol. The Kier molecular flexibility index (Phi) is 5.42. The van der Waals surface area contributed by atoms with E-state index in [0.717, 1.165) is 44.1 Å². The molecule has 0 fully saturated rings. The Bertz CT molecular complexity index is 1440. The number of H-pyrrole nitrogens is 1. The number of ether oxygens (including phenoxy) is 1. The smallest absolute Gasteiger partial charge is 0.340 e. The number of fused-ring (bicyclic) bond motifs is 3. The van der Waals surface area contributed by atoms with Gasteiger partial charge in [-0.2, -0.15) is 0 Å². The molecule has 1 heterocycles. The van der Waals surface area contributed by atoms with Gasteiger partial charge in [-0.25, -0.2) is 4.79 Å². The molecule has 0 aliphatic rings. The zero-order valence-corrected chi connectivity index (χ0v) is 18.4. The van der Waals surface area contributed by atoms with Crippen LogP contribution in [0.2, 0.25) is 5.02 Å². The largest absolute Gasteiger partial charge is 0.462 e. The van der Waals surface area contributed by atoms with Crippen LogP contribution in [0.4, 0.5) is 0 Å². The van der Waals surface area contributed by atoms with Gasteiger partial charge in [0.2, 0.25) is 0 Å². The minimum Gasteiger partial charge on any atom is -0.462 e. The predicted molar refractivity (Wildman–Crippen MR) is 131 cm³/mol. The lowest BCUT2D eigenvalue weighted by Crippen LogP contribution is -2.07. The van der Waals surface area contributed by atoms with Crippen molar-refractivity contribution >= 4 is 39.2 Å². The third kappa shape index (κ3) is 3.65. The fraction of sp³-hybridized carbons (Fsp3) is 0.107. The van der Waals surface area contributed by atoms with Crippen LogP contribution in [0, 0.1) is 0 Å². The zero-order valence-electron chi connectivity index (χ0n) is 17.7. The van der Waals surface area contributed by atoms with Crippen LogP contribution in [-0.4, -0.2) is 17.6 Å². The molecule has 0 atom stereocenters. The minimum absolute atomic E-state index is 0.315. The molecule has 0 saturated heterocycles. The third-order valence-corrected chi connectivity index (χ3v) is 5.96. The molecule has 0 spiro atoms. The molecule has 0 amide bonds. The van der Waals surface area contributed by atoms with Gasteiger partial charge in [-0.1, -0.05) is 78.3 Å². The Balaban J connectivity index is 1.80. The highest BCUT2D eigenvalue weighted by molar-refractivity contribution is 6.30. The van der Waals surface area contributed by atoms with Gasteiger partial charge in [0, 0.05) is 27.9 Å². The van der Waals surface area contributed by atoms with E-state index in [9.17, 15) is 4.79 Å². The summed E-state index contributed by atoms with van der Waals surface area (Å²) in [5, 5.41) is 3.76. The quantitative estimate of drug-likeness (QED) is 0.290. The molecule has 3 nitrogen and oxygen atoms in total. The van der Waals surface area contributed by atoms with E-state index in [0.29, 0.717) is 23.6 Å². The van der Waals surface area contributed by atoms with E-state index >= 15 is 0 Å². The van der Waals surface area contributed by atoms with Gasteiger partial charge in [0.15, 0.2) is 0 Å². The molecule has 32 heavy (non-hydrogen) atoms. The van der Waals surface area contributed by atoms with E-state index in [4.69, 9.17) is 16.3 Å². The third-order valence-electron chi connectivity index (χ3n) is 5.73. The molecule has 158 valence electrons. The van der Waals surface area contributed by atoms with Crippen molar-refractivity contribution in [2.75, 3.05) is 6.61 Å². The van der Waals surface area contributed by atoms with Crippen LogP contribution < -0.4 is 0 Å². The van der Waals surface area contributed by atoms with E-state index < -0.39 is 0 Å². The second-order valence-corrected chi connectivity index (χ2v) is 8.20. The van der Waals surface area contributed by atoms with Crippen molar-refractivity contribution in [2.45, 2.75) is 13.3 Å². The van der Waals surface area contributed by atoms with Crippen molar-refractivity contribution < 1.29 is 9.53 Å². The number of esters is 1. The van der Waals surface area contributed by atoms with Crippen LogP contribution in [0.15, 0.2) is 84.9 Å². The maximum Gasteiger partial charge on any atom is 0.340 e. The first kappa shape index (κ1) is 20.3. The fourth-order valence-electron chi connectivity index (χ4n) is 4.36. The average molecular weight is 440 g/mol. The highest BCUT2D eigenvalue weighted by Gasteiger charge is 2.22. The Labute approximate surface area is 191 Å². The number of carbonyl (C=O) groups excluding carboxylic acids is 1. The van der Waals surface area contributed by atoms with Gasteiger partial charge in [-0.3, -0.25) is 0 Å². The van der Waals surface area contributed by atoms with Gasteiger partial charge in [0.05, 0.1) is 17.7 Å². The van der Waals surface area contributed by atoms with Gasteiger partial charge in [0.25, 0.3) is 0 Å². The Hall–Kier alpha value is -3.56. The Morgan fingerprint density at radius 3 is 2.38 bits per heavy atom. The van der Waals surface area contributed by atoms with Gasteiger partial charge in [0.1, 0.15) is 0 Å². The number of carbonyl (C=O) groups is 1. The maximum atomic E-state index is 13.1. The summed E-state index contributed by atoms with van der Waals surface area (Å²) in [7, 11) is 0. The number of halogens is 1. The topological polar surface area (TPSA) is 42.1 Å². The number of rotatable bonds is 5. The number of aromatic amines is 1. The monoisotopic (exact) mass is 439 g/mol. The molecule has 0 bridgehead atoms. The molecular formula is C28H22ClNO2. The molecule has 0 radical (unpaired) electrons. The number of aromatic nitrogens is 1. The van der Waals surface area contributed by atoms with Crippen molar-refractivity contribution in [2.24, 2.45) is 0 Å². The molecule has 1 aromatic heterocycles. The lowest BCUT2D eigenvalue weighted by atomic mass is 9.94. The van der Waals surface area contributed by atoms with E-state index in [-0.39, 0.29) is 5.97 Å². The summed E-state index contributed by atoms with van der Waals surface area (Å²) in [6.45, 7) is 2.15. The zero-order chi connectivity index (χ0) is 22.1. The van der Waals surface area contributed by atoms with Crippen molar-refractivity contribution in [1.29, 1.82) is 0 Å². The molecule has 0 saturated carbocycles. The standard InChI is InChI=1S/C28H22ClNO2/c1-2-32-28(31)26-24-17-23(19-10-4-3-5-11-19)21-13-6-7-14-22(21)27(24)30-25(26)16-18-9-8-12-20(29)15-18/h3-15,17,30H,2,16H2,1H3. The van der Waals surface area contributed by atoms with Crippen LogP contribution in [0.5, 0.6) is 0 Å². The number of hydrogen-bond donors (Lipinski definition) is 1. The SMILES string of the molecule is CCOC(=O)c1c(Cc2cccc(Cl)c2)[nH]c2c1cc(-c1ccccc1)c1ccccc12. The van der Waals surface area contributed by atoms with E-state index in [1.807, 2.05) is 61.5 Å². The van der Waals surface area contributed by atoms with Crippen LogP contribution in [0.1, 0.15) is 28.5 Å². The molecule has 1 N–H and O–H groups in total. The highest BCUT2D eigenvalue weighted by Crippen LogP contribution is 2.37. The minimum atomic E-state index is -0.315. The summed E-state index contributed by atoms with van der Waals surface area (Å²) < 4.78 is 5.47. The fourth-order valence-corrected chi connectivity index (χ4v) is 4.57. The number of nitrogens with one attached hydrogen (secondary N) is 1. The molecule has 5 rings (SSSR count). The molecule has 4 heteroatoms. The van der Waals surface area contributed by atoms with E-state index in [1.54, 1.807) is 0 Å². The summed E-state index contributed by atoms with van der Waals surface area (Å²) in [6, 6.07) is 28.4. The first-order valence-corrected chi connectivity index (χ1v) is 11.1. The summed E-state index contributed by atoms with van der Waals surface area (Å²) in [5.41, 5.74) is 5.59. The number of hydrogen-bond acceptors (Lipinski definition) is 2. The van der Waals surface area contributed by atoms with Crippen molar-refractivity contribution in [3.63, 3.8) is 0 Å². The maximum absolute atomic E-state index is 13.1. The second kappa shape index (κ2) is 8.52. The lowest BCUT2D eigenvalue weighted by Gasteiger charge is -2.10. The lowest BCUT2D eigenvalue weighted by molar-refractivity contribution is 0.0527. The van der Waals surface area contributed by atoms with Crippen LogP contribution in [0.25, 0.3) is 32.8 Å². The van der Waals surface area contributed by atoms with Crippen molar-refractivity contribution in [3.05, 3.63) is 107 Å². The van der Waals surface area contributed by atoms with Crippen molar-refractivity contribution in [1.82, 2.24) is 4.98 Å². The van der Waals surface area contributed by atoms with E-state index in [1.165, 1.54) is 0 Å². The van der Waals surface area contributed by atoms with Crippen LogP contribution in [0.3, 0.4) is 0 Å². The first-order valence-electron chi connectivity index (χ1n) is 10.7. The summed E-state index contributed by atoms with van der Waals surface area (Å²) in [6.07, 6.45) is 0.554. The van der Waals surface area contributed by atoms with Crippen LogP contribution >= 0.6 is 11.6 Å². The first-order chi connectivity index (χ1) is 15.7. The van der Waals surface area contributed by atoms with E-state index in [2.05, 4.69) is 35.3 Å². The second-order valence-electron chi connectivity index (χ2n) is 7.76. The van der Waals surface area contributed by atoms with Gasteiger partial charge >= 0.3 is 5.97 Å². The summed E-state index contributed by atoms with van der Waals surface area (Å²) in [5.74, 6) is -0.315. The Morgan fingerprint density at radius 1 is 0.875 bits per heavy atom. The summed E-state index contributed by atoms with van der Waals surface area (Å²) in [4.78, 5) is 16.7. The molecule has 0 aliphatic heterocycles. The average Bonchev–Trinajstić information content (AvgIpc) is 3.17. The molecule has 0 unspecified atom stereocenters. The predicted octanol–water partition coefficient (Wildman–Crippen LogP) is 7.41. The number of benzene rings is 4. The van der Waals surface area contributed by atoms with Gasteiger partial charge in [-0.15, -0.1) is 0 Å². The Morgan fingerprint density at radius 2 is 1.62 bits per heavy atom. The molecule has 5 aromatic rings. The molecule has 4 aromatic carbocycles. The van der Waals surface area contributed by atoms with Crippen LogP contribution in [-0.2, 0) is 11.2 Å². The molecule has 0 aliphatic carbocycles. The summed E-state index contributed by atoms with van der Waals surface area (Å²) >= 11 is 6.21.